The molecule has 0 fully saturated rings. The lowest BCUT2D eigenvalue weighted by molar-refractivity contribution is -0.118. The summed E-state index contributed by atoms with van der Waals surface area (Å²) in [7, 11) is 0. The number of tetrazole rings is 1. The van der Waals surface area contributed by atoms with E-state index in [2.05, 4.69) is 20.8 Å². The van der Waals surface area contributed by atoms with Crippen molar-refractivity contribution in [2.45, 2.75) is 19.4 Å². The molecule has 1 aromatic heterocycles. The molecule has 1 N–H and O–H groups in total. The highest BCUT2D eigenvalue weighted by molar-refractivity contribution is 5.92. The summed E-state index contributed by atoms with van der Waals surface area (Å²) in [4.78, 5) is 12.1. The molecule has 1 unspecified atom stereocenters. The van der Waals surface area contributed by atoms with E-state index in [4.69, 9.17) is 9.47 Å². The molecule has 2 aromatic carbocycles. The summed E-state index contributed by atoms with van der Waals surface area (Å²) >= 11 is 0. The van der Waals surface area contributed by atoms with E-state index in [1.165, 1.54) is 11.0 Å². The van der Waals surface area contributed by atoms with E-state index in [1.807, 2.05) is 37.3 Å². The number of carbonyl (C=O) groups excluding carboxylic acids is 1. The average Bonchev–Trinajstić information content (AvgIpc) is 3.29. The summed E-state index contributed by atoms with van der Waals surface area (Å²) in [6, 6.07) is 12.8. The molecule has 0 spiro atoms. The summed E-state index contributed by atoms with van der Waals surface area (Å²) in [5.74, 6) is 1.25. The van der Waals surface area contributed by atoms with E-state index in [-0.39, 0.29) is 18.6 Å². The summed E-state index contributed by atoms with van der Waals surface area (Å²) in [6.45, 7) is 1.95. The van der Waals surface area contributed by atoms with E-state index in [9.17, 15) is 4.79 Å². The number of hydrogen-bond acceptors (Lipinski definition) is 6. The smallest absolute Gasteiger partial charge is 0.262 e. The first-order chi connectivity index (χ1) is 12.7. The second-order valence-corrected chi connectivity index (χ2v) is 6.04. The zero-order valence-electron chi connectivity index (χ0n) is 14.1. The third-order valence-corrected chi connectivity index (χ3v) is 4.00. The van der Waals surface area contributed by atoms with Crippen molar-refractivity contribution in [2.75, 3.05) is 11.9 Å². The van der Waals surface area contributed by atoms with Gasteiger partial charge in [0.2, 0.25) is 0 Å². The molecule has 0 saturated carbocycles. The molecule has 4 rings (SSSR count). The largest absolute Gasteiger partial charge is 0.490 e. The molecule has 132 valence electrons. The Morgan fingerprint density at radius 2 is 2.15 bits per heavy atom. The fourth-order valence-corrected chi connectivity index (χ4v) is 2.82. The number of anilines is 1. The van der Waals surface area contributed by atoms with Gasteiger partial charge in [-0.2, -0.15) is 0 Å². The van der Waals surface area contributed by atoms with Gasteiger partial charge in [-0.15, -0.1) is 5.10 Å². The van der Waals surface area contributed by atoms with Crippen molar-refractivity contribution < 1.29 is 14.3 Å². The molecule has 26 heavy (non-hydrogen) atoms. The normalized spacial score (nSPS) is 15.2. The van der Waals surface area contributed by atoms with Crippen LogP contribution in [0, 0.1) is 0 Å². The SMILES string of the molecule is CC1Cc2cc(NC(=O)COc3ccc(-n4cnnn4)cc3)ccc2O1. The lowest BCUT2D eigenvalue weighted by Crippen LogP contribution is -2.20. The van der Waals surface area contributed by atoms with Gasteiger partial charge in [-0.25, -0.2) is 4.68 Å². The van der Waals surface area contributed by atoms with Crippen LogP contribution in [-0.4, -0.2) is 38.8 Å². The van der Waals surface area contributed by atoms with E-state index < -0.39 is 0 Å². The Kier molecular flexibility index (Phi) is 4.22. The average molecular weight is 351 g/mol. The number of hydrogen-bond donors (Lipinski definition) is 1. The second kappa shape index (κ2) is 6.83. The first-order valence-corrected chi connectivity index (χ1v) is 8.23. The molecule has 0 radical (unpaired) electrons. The maximum atomic E-state index is 12.1. The Hall–Kier alpha value is -3.42. The number of aromatic nitrogens is 4. The van der Waals surface area contributed by atoms with Gasteiger partial charge in [0.1, 0.15) is 23.9 Å². The van der Waals surface area contributed by atoms with E-state index in [0.29, 0.717) is 5.75 Å². The summed E-state index contributed by atoms with van der Waals surface area (Å²) in [5.41, 5.74) is 2.65. The molecule has 0 saturated heterocycles. The fourth-order valence-electron chi connectivity index (χ4n) is 2.82. The van der Waals surface area contributed by atoms with Crippen LogP contribution in [0.4, 0.5) is 5.69 Å². The van der Waals surface area contributed by atoms with Crippen molar-refractivity contribution >= 4 is 11.6 Å². The monoisotopic (exact) mass is 351 g/mol. The van der Waals surface area contributed by atoms with Gasteiger partial charge in [0.15, 0.2) is 6.61 Å². The van der Waals surface area contributed by atoms with E-state index in [0.717, 1.165) is 29.1 Å². The van der Waals surface area contributed by atoms with Crippen LogP contribution in [0.3, 0.4) is 0 Å². The highest BCUT2D eigenvalue weighted by atomic mass is 16.5. The minimum absolute atomic E-state index is 0.0752. The van der Waals surface area contributed by atoms with Crippen molar-refractivity contribution in [3.05, 3.63) is 54.4 Å². The van der Waals surface area contributed by atoms with Crippen LogP contribution in [0.25, 0.3) is 5.69 Å². The number of fused-ring (bicyclic) bond motifs is 1. The number of ether oxygens (including phenoxy) is 2. The summed E-state index contributed by atoms with van der Waals surface area (Å²) in [5, 5.41) is 13.8. The zero-order chi connectivity index (χ0) is 17.9. The van der Waals surface area contributed by atoms with Crippen LogP contribution >= 0.6 is 0 Å². The van der Waals surface area contributed by atoms with Gasteiger partial charge in [-0.1, -0.05) is 0 Å². The van der Waals surface area contributed by atoms with Gasteiger partial charge in [-0.05, 0) is 65.4 Å². The third kappa shape index (κ3) is 3.49. The third-order valence-electron chi connectivity index (χ3n) is 4.00. The minimum atomic E-state index is -0.221. The molecule has 1 amide bonds. The van der Waals surface area contributed by atoms with Gasteiger partial charge in [0.05, 0.1) is 5.69 Å². The van der Waals surface area contributed by atoms with Crippen molar-refractivity contribution in [1.82, 2.24) is 20.2 Å². The maximum Gasteiger partial charge on any atom is 0.262 e. The van der Waals surface area contributed by atoms with Crippen LogP contribution in [-0.2, 0) is 11.2 Å². The van der Waals surface area contributed by atoms with Gasteiger partial charge in [0, 0.05) is 12.1 Å². The van der Waals surface area contributed by atoms with E-state index in [1.54, 1.807) is 12.1 Å². The molecule has 0 bridgehead atoms. The van der Waals surface area contributed by atoms with Crippen molar-refractivity contribution in [3.8, 4) is 17.2 Å². The highest BCUT2D eigenvalue weighted by Gasteiger charge is 2.19. The Morgan fingerprint density at radius 3 is 2.92 bits per heavy atom. The molecular formula is C18H17N5O3. The van der Waals surface area contributed by atoms with Crippen LogP contribution in [0.2, 0.25) is 0 Å². The van der Waals surface area contributed by atoms with Crippen LogP contribution in [0.5, 0.6) is 11.5 Å². The highest BCUT2D eigenvalue weighted by Crippen LogP contribution is 2.30. The van der Waals surface area contributed by atoms with Gasteiger partial charge < -0.3 is 14.8 Å². The Morgan fingerprint density at radius 1 is 1.31 bits per heavy atom. The molecule has 3 aromatic rings. The molecular weight excluding hydrogens is 334 g/mol. The van der Waals surface area contributed by atoms with Crippen LogP contribution in [0.1, 0.15) is 12.5 Å². The molecule has 1 atom stereocenters. The van der Waals surface area contributed by atoms with Crippen molar-refractivity contribution in [1.29, 1.82) is 0 Å². The number of carbonyl (C=O) groups is 1. The van der Waals surface area contributed by atoms with Gasteiger partial charge >= 0.3 is 0 Å². The molecule has 8 nitrogen and oxygen atoms in total. The predicted octanol–water partition coefficient (Wildman–Crippen LogP) is 2.00. The fraction of sp³-hybridized carbons (Fsp3) is 0.222. The number of nitrogens with zero attached hydrogens (tertiary/aromatic N) is 4. The summed E-state index contributed by atoms with van der Waals surface area (Å²) < 4.78 is 12.7. The number of rotatable bonds is 5. The number of nitrogens with one attached hydrogen (secondary N) is 1. The molecule has 1 aliphatic rings. The Labute approximate surface area is 149 Å². The lowest BCUT2D eigenvalue weighted by atomic mass is 10.1. The zero-order valence-corrected chi connectivity index (χ0v) is 14.1. The second-order valence-electron chi connectivity index (χ2n) is 6.04. The standard InChI is InChI=1S/C18H17N5O3/c1-12-8-13-9-14(2-7-17(13)26-12)20-18(24)10-25-16-5-3-15(4-6-16)23-11-19-21-22-23/h2-7,9,11-12H,8,10H2,1H3,(H,20,24). The molecule has 0 aliphatic carbocycles. The molecule has 1 aliphatic heterocycles. The minimum Gasteiger partial charge on any atom is -0.490 e. The lowest BCUT2D eigenvalue weighted by Gasteiger charge is -2.09. The summed E-state index contributed by atoms with van der Waals surface area (Å²) in [6.07, 6.45) is 2.53. The maximum absolute atomic E-state index is 12.1. The number of amides is 1. The van der Waals surface area contributed by atoms with Crippen LogP contribution in [0.15, 0.2) is 48.8 Å². The molecule has 8 heteroatoms. The Balaban J connectivity index is 1.32. The van der Waals surface area contributed by atoms with E-state index >= 15 is 0 Å². The first-order valence-electron chi connectivity index (χ1n) is 8.23. The number of benzene rings is 2. The quantitative estimate of drug-likeness (QED) is 0.756. The topological polar surface area (TPSA) is 91.2 Å². The van der Waals surface area contributed by atoms with Gasteiger partial charge in [-0.3, -0.25) is 4.79 Å². The van der Waals surface area contributed by atoms with Gasteiger partial charge in [0.25, 0.3) is 5.91 Å². The predicted molar refractivity (Wildman–Crippen MR) is 93.5 cm³/mol. The first kappa shape index (κ1) is 16.1. The molecule has 2 heterocycles. The Bertz CT molecular complexity index is 909. The van der Waals surface area contributed by atoms with Crippen LogP contribution < -0.4 is 14.8 Å². The van der Waals surface area contributed by atoms with Crippen molar-refractivity contribution in [3.63, 3.8) is 0 Å². The van der Waals surface area contributed by atoms with Crippen molar-refractivity contribution in [2.24, 2.45) is 0 Å².